The Morgan fingerprint density at radius 1 is 1.09 bits per heavy atom. The Morgan fingerprint density at radius 2 is 1.87 bits per heavy atom. The van der Waals surface area contributed by atoms with Gasteiger partial charge in [-0.1, -0.05) is 18.2 Å². The topological polar surface area (TPSA) is 58.2 Å². The van der Waals surface area contributed by atoms with Gasteiger partial charge in [0.05, 0.1) is 0 Å². The lowest BCUT2D eigenvalue weighted by molar-refractivity contribution is -0.114. The molecule has 0 radical (unpaired) electrons. The lowest BCUT2D eigenvalue weighted by atomic mass is 10.1. The van der Waals surface area contributed by atoms with Crippen LogP contribution >= 0.6 is 11.8 Å². The van der Waals surface area contributed by atoms with Gasteiger partial charge in [0.1, 0.15) is 0 Å². The van der Waals surface area contributed by atoms with E-state index >= 15 is 0 Å². The summed E-state index contributed by atoms with van der Waals surface area (Å²) in [5, 5.41) is 5.63. The quantitative estimate of drug-likeness (QED) is 0.870. The molecular formula is C18H20N2O2S. The highest BCUT2D eigenvalue weighted by Crippen LogP contribution is 2.21. The van der Waals surface area contributed by atoms with Crippen LogP contribution in [0.4, 0.5) is 11.4 Å². The predicted molar refractivity (Wildman–Crippen MR) is 97.1 cm³/mol. The minimum absolute atomic E-state index is 0.143. The van der Waals surface area contributed by atoms with Gasteiger partial charge in [-0.3, -0.25) is 9.59 Å². The van der Waals surface area contributed by atoms with Crippen molar-refractivity contribution in [3.8, 4) is 0 Å². The van der Waals surface area contributed by atoms with Crippen LogP contribution in [0.5, 0.6) is 0 Å². The first-order valence-electron chi connectivity index (χ1n) is 7.27. The molecule has 0 saturated heterocycles. The summed E-state index contributed by atoms with van der Waals surface area (Å²) >= 11 is 1.72. The summed E-state index contributed by atoms with van der Waals surface area (Å²) in [6.07, 6.45) is 2.03. The average molecular weight is 328 g/mol. The van der Waals surface area contributed by atoms with Gasteiger partial charge >= 0.3 is 0 Å². The molecule has 0 aliphatic heterocycles. The van der Waals surface area contributed by atoms with E-state index in [1.54, 1.807) is 23.9 Å². The molecule has 2 amide bonds. The number of thioether (sulfide) groups is 1. The van der Waals surface area contributed by atoms with Crippen molar-refractivity contribution in [3.63, 3.8) is 0 Å². The van der Waals surface area contributed by atoms with E-state index in [0.29, 0.717) is 16.9 Å². The Hall–Kier alpha value is -2.27. The molecule has 2 rings (SSSR count). The maximum absolute atomic E-state index is 12.5. The average Bonchev–Trinajstić information content (AvgIpc) is 2.50. The summed E-state index contributed by atoms with van der Waals surface area (Å²) in [4.78, 5) is 23.6. The maximum atomic E-state index is 12.5. The predicted octanol–water partition coefficient (Wildman–Crippen LogP) is 4.07. The molecule has 0 aliphatic rings. The van der Waals surface area contributed by atoms with Gasteiger partial charge in [-0.15, -0.1) is 0 Å². The summed E-state index contributed by atoms with van der Waals surface area (Å²) in [6, 6.07) is 13.0. The van der Waals surface area contributed by atoms with Crippen LogP contribution in [-0.2, 0) is 10.5 Å². The minimum Gasteiger partial charge on any atom is -0.326 e. The summed E-state index contributed by atoms with van der Waals surface area (Å²) in [7, 11) is 0. The van der Waals surface area contributed by atoms with Crippen molar-refractivity contribution < 1.29 is 9.59 Å². The van der Waals surface area contributed by atoms with Crippen molar-refractivity contribution in [2.75, 3.05) is 16.9 Å². The fraction of sp³-hybridized carbons (Fsp3) is 0.222. The Balaban J connectivity index is 2.19. The second-order valence-electron chi connectivity index (χ2n) is 5.30. The van der Waals surface area contributed by atoms with Crippen molar-refractivity contribution >= 4 is 35.0 Å². The number of nitrogens with one attached hydrogen (secondary N) is 2. The Labute approximate surface area is 140 Å². The lowest BCUT2D eigenvalue weighted by Gasteiger charge is -2.11. The SMILES string of the molecule is CSCc1cccc(C(=O)Nc2cc(NC(C)=O)ccc2C)c1. The van der Waals surface area contributed by atoms with Gasteiger partial charge in [0, 0.05) is 29.6 Å². The van der Waals surface area contributed by atoms with E-state index in [2.05, 4.69) is 10.6 Å². The molecule has 5 heteroatoms. The Kier molecular flexibility index (Phi) is 5.82. The van der Waals surface area contributed by atoms with Gasteiger partial charge in [0.2, 0.25) is 5.91 Å². The second kappa shape index (κ2) is 7.83. The number of rotatable bonds is 5. The number of hydrogen-bond donors (Lipinski definition) is 2. The van der Waals surface area contributed by atoms with Crippen LogP contribution in [0.1, 0.15) is 28.4 Å². The summed E-state index contributed by atoms with van der Waals surface area (Å²) in [6.45, 7) is 3.37. The third-order valence-electron chi connectivity index (χ3n) is 3.31. The van der Waals surface area contributed by atoms with Gasteiger partial charge < -0.3 is 10.6 Å². The first kappa shape index (κ1) is 17.1. The summed E-state index contributed by atoms with van der Waals surface area (Å²) in [5.74, 6) is 0.574. The zero-order chi connectivity index (χ0) is 16.8. The highest BCUT2D eigenvalue weighted by atomic mass is 32.2. The van der Waals surface area contributed by atoms with Crippen LogP contribution in [0.25, 0.3) is 0 Å². The largest absolute Gasteiger partial charge is 0.326 e. The van der Waals surface area contributed by atoms with E-state index in [1.807, 2.05) is 43.5 Å². The molecule has 2 aromatic carbocycles. The fourth-order valence-electron chi connectivity index (χ4n) is 2.20. The van der Waals surface area contributed by atoms with Crippen LogP contribution in [0.3, 0.4) is 0 Å². The number of aryl methyl sites for hydroxylation is 1. The number of carbonyl (C=O) groups is 2. The van der Waals surface area contributed by atoms with Crippen molar-refractivity contribution in [2.45, 2.75) is 19.6 Å². The zero-order valence-electron chi connectivity index (χ0n) is 13.5. The molecule has 0 aliphatic carbocycles. The highest BCUT2D eigenvalue weighted by Gasteiger charge is 2.09. The first-order chi connectivity index (χ1) is 11.0. The van der Waals surface area contributed by atoms with Gasteiger partial charge in [-0.2, -0.15) is 11.8 Å². The smallest absolute Gasteiger partial charge is 0.255 e. The van der Waals surface area contributed by atoms with E-state index in [1.165, 1.54) is 6.92 Å². The standard InChI is InChI=1S/C18H20N2O2S/c1-12-7-8-16(19-13(2)21)10-17(12)20-18(22)15-6-4-5-14(9-15)11-23-3/h4-10H,11H2,1-3H3,(H,19,21)(H,20,22). The first-order valence-corrected chi connectivity index (χ1v) is 8.66. The number of carbonyl (C=O) groups excluding carboxylic acids is 2. The molecule has 23 heavy (non-hydrogen) atoms. The monoisotopic (exact) mass is 328 g/mol. The molecule has 4 nitrogen and oxygen atoms in total. The van der Waals surface area contributed by atoms with Gasteiger partial charge in [-0.25, -0.2) is 0 Å². The number of benzene rings is 2. The molecule has 2 aromatic rings. The summed E-state index contributed by atoms with van der Waals surface area (Å²) < 4.78 is 0. The molecule has 0 unspecified atom stereocenters. The van der Waals surface area contributed by atoms with Crippen molar-refractivity contribution in [1.82, 2.24) is 0 Å². The molecule has 0 saturated carbocycles. The van der Waals surface area contributed by atoms with Gasteiger partial charge in [0.15, 0.2) is 0 Å². The van der Waals surface area contributed by atoms with Gasteiger partial charge in [-0.05, 0) is 48.6 Å². The normalized spacial score (nSPS) is 10.2. The van der Waals surface area contributed by atoms with Crippen molar-refractivity contribution in [3.05, 3.63) is 59.2 Å². The molecule has 0 aromatic heterocycles. The third-order valence-corrected chi connectivity index (χ3v) is 3.93. The summed E-state index contributed by atoms with van der Waals surface area (Å²) in [5.41, 5.74) is 4.04. The van der Waals surface area contributed by atoms with E-state index in [-0.39, 0.29) is 11.8 Å². The van der Waals surface area contributed by atoms with Crippen molar-refractivity contribution in [1.29, 1.82) is 0 Å². The number of hydrogen-bond acceptors (Lipinski definition) is 3. The van der Waals surface area contributed by atoms with Crippen molar-refractivity contribution in [2.24, 2.45) is 0 Å². The lowest BCUT2D eigenvalue weighted by Crippen LogP contribution is -2.14. The molecule has 0 fully saturated rings. The minimum atomic E-state index is -0.156. The van der Waals surface area contributed by atoms with E-state index in [9.17, 15) is 9.59 Å². The van der Waals surface area contributed by atoms with Crippen LogP contribution in [0.15, 0.2) is 42.5 Å². The maximum Gasteiger partial charge on any atom is 0.255 e. The second-order valence-corrected chi connectivity index (χ2v) is 6.16. The number of amides is 2. The zero-order valence-corrected chi connectivity index (χ0v) is 14.3. The van der Waals surface area contributed by atoms with Crippen LogP contribution < -0.4 is 10.6 Å². The van der Waals surface area contributed by atoms with Crippen LogP contribution in [-0.4, -0.2) is 18.1 Å². The van der Waals surface area contributed by atoms with E-state index in [4.69, 9.17) is 0 Å². The molecule has 2 N–H and O–H groups in total. The molecule has 0 heterocycles. The Morgan fingerprint density at radius 3 is 2.57 bits per heavy atom. The van der Waals surface area contributed by atoms with E-state index in [0.717, 1.165) is 16.9 Å². The molecule has 120 valence electrons. The van der Waals surface area contributed by atoms with Crippen LogP contribution in [0.2, 0.25) is 0 Å². The van der Waals surface area contributed by atoms with E-state index < -0.39 is 0 Å². The highest BCUT2D eigenvalue weighted by molar-refractivity contribution is 7.97. The molecule has 0 bridgehead atoms. The number of anilines is 2. The molecule has 0 atom stereocenters. The third kappa shape index (κ3) is 4.86. The fourth-order valence-corrected chi connectivity index (χ4v) is 2.71. The molecular weight excluding hydrogens is 308 g/mol. The van der Waals surface area contributed by atoms with Crippen LogP contribution in [0, 0.1) is 6.92 Å². The van der Waals surface area contributed by atoms with Gasteiger partial charge in [0.25, 0.3) is 5.91 Å². The molecule has 0 spiro atoms. The Bertz CT molecular complexity index is 729.